The van der Waals surface area contributed by atoms with E-state index in [9.17, 15) is 13.6 Å². The summed E-state index contributed by atoms with van der Waals surface area (Å²) in [4.78, 5) is 13.4. The SMILES string of the molecule is CN(CCCN)C(=O)c1cccn1CC(F)F. The molecule has 0 aliphatic rings. The van der Waals surface area contributed by atoms with Gasteiger partial charge in [0.2, 0.25) is 0 Å². The van der Waals surface area contributed by atoms with Gasteiger partial charge in [0, 0.05) is 19.8 Å². The molecule has 0 bridgehead atoms. The van der Waals surface area contributed by atoms with E-state index in [2.05, 4.69) is 0 Å². The van der Waals surface area contributed by atoms with E-state index in [0.717, 1.165) is 0 Å². The summed E-state index contributed by atoms with van der Waals surface area (Å²) in [6.07, 6.45) is -0.295. The van der Waals surface area contributed by atoms with Crippen LogP contribution in [0.15, 0.2) is 18.3 Å². The lowest BCUT2D eigenvalue weighted by Crippen LogP contribution is -2.31. The summed E-state index contributed by atoms with van der Waals surface area (Å²) in [6, 6.07) is 3.13. The molecule has 0 saturated heterocycles. The summed E-state index contributed by atoms with van der Waals surface area (Å²) in [5, 5.41) is 0. The Hall–Kier alpha value is -1.43. The van der Waals surface area contributed by atoms with Crippen LogP contribution in [0.5, 0.6) is 0 Å². The number of halogens is 2. The van der Waals surface area contributed by atoms with E-state index in [4.69, 9.17) is 5.73 Å². The van der Waals surface area contributed by atoms with Crippen LogP contribution in [0.2, 0.25) is 0 Å². The Bertz CT molecular complexity index is 365. The van der Waals surface area contributed by atoms with Crippen LogP contribution in [-0.4, -0.2) is 41.9 Å². The number of carbonyl (C=O) groups excluding carboxylic acids is 1. The average molecular weight is 245 g/mol. The van der Waals surface area contributed by atoms with E-state index in [1.54, 1.807) is 19.2 Å². The van der Waals surface area contributed by atoms with Crippen molar-refractivity contribution in [3.05, 3.63) is 24.0 Å². The highest BCUT2D eigenvalue weighted by Gasteiger charge is 2.16. The molecule has 0 atom stereocenters. The predicted molar refractivity (Wildman–Crippen MR) is 61.1 cm³/mol. The van der Waals surface area contributed by atoms with Crippen LogP contribution in [-0.2, 0) is 6.54 Å². The van der Waals surface area contributed by atoms with Gasteiger partial charge in [0.05, 0.1) is 6.54 Å². The first-order chi connectivity index (χ1) is 8.06. The molecule has 1 aromatic heterocycles. The van der Waals surface area contributed by atoms with E-state index in [-0.39, 0.29) is 11.6 Å². The number of hydrogen-bond acceptors (Lipinski definition) is 2. The number of carbonyl (C=O) groups is 1. The number of alkyl halides is 2. The first kappa shape index (κ1) is 13.6. The molecule has 96 valence electrons. The summed E-state index contributed by atoms with van der Waals surface area (Å²) < 4.78 is 25.8. The van der Waals surface area contributed by atoms with E-state index in [1.807, 2.05) is 0 Å². The van der Waals surface area contributed by atoms with Gasteiger partial charge < -0.3 is 15.2 Å². The van der Waals surface area contributed by atoms with Gasteiger partial charge in [-0.3, -0.25) is 4.79 Å². The minimum absolute atomic E-state index is 0.260. The van der Waals surface area contributed by atoms with Crippen molar-refractivity contribution in [2.75, 3.05) is 20.1 Å². The minimum atomic E-state index is -2.47. The molecule has 1 rings (SSSR count). The predicted octanol–water partition coefficient (Wildman–Crippen LogP) is 1.17. The molecule has 0 unspecified atom stereocenters. The third-order valence-corrected chi connectivity index (χ3v) is 2.43. The monoisotopic (exact) mass is 245 g/mol. The second kappa shape index (κ2) is 6.34. The van der Waals surface area contributed by atoms with E-state index >= 15 is 0 Å². The molecular weight excluding hydrogens is 228 g/mol. The number of aromatic nitrogens is 1. The highest BCUT2D eigenvalue weighted by Crippen LogP contribution is 2.09. The lowest BCUT2D eigenvalue weighted by atomic mass is 10.3. The molecule has 0 aromatic carbocycles. The van der Waals surface area contributed by atoms with Gasteiger partial charge in [0.25, 0.3) is 12.3 Å². The molecule has 1 amide bonds. The van der Waals surface area contributed by atoms with Crippen molar-refractivity contribution in [3.8, 4) is 0 Å². The fourth-order valence-corrected chi connectivity index (χ4v) is 1.54. The van der Waals surface area contributed by atoms with Gasteiger partial charge in [-0.15, -0.1) is 0 Å². The molecule has 0 aliphatic heterocycles. The van der Waals surface area contributed by atoms with Crippen molar-refractivity contribution in [2.24, 2.45) is 5.73 Å². The highest BCUT2D eigenvalue weighted by molar-refractivity contribution is 5.92. The first-order valence-electron chi connectivity index (χ1n) is 5.45. The van der Waals surface area contributed by atoms with Crippen LogP contribution in [0.25, 0.3) is 0 Å². The van der Waals surface area contributed by atoms with Crippen LogP contribution in [0.1, 0.15) is 16.9 Å². The average Bonchev–Trinajstić information content (AvgIpc) is 2.71. The second-order valence-corrected chi connectivity index (χ2v) is 3.81. The summed E-state index contributed by atoms with van der Waals surface area (Å²) >= 11 is 0. The van der Waals surface area contributed by atoms with Crippen molar-refractivity contribution in [1.82, 2.24) is 9.47 Å². The molecule has 1 aromatic rings. The number of nitrogens with two attached hydrogens (primary N) is 1. The van der Waals surface area contributed by atoms with Crippen molar-refractivity contribution in [3.63, 3.8) is 0 Å². The number of amides is 1. The minimum Gasteiger partial charge on any atom is -0.340 e. The molecule has 1 heterocycles. The second-order valence-electron chi connectivity index (χ2n) is 3.81. The Morgan fingerprint density at radius 3 is 2.88 bits per heavy atom. The Morgan fingerprint density at radius 1 is 1.59 bits per heavy atom. The molecule has 4 nitrogen and oxygen atoms in total. The van der Waals surface area contributed by atoms with Crippen LogP contribution < -0.4 is 5.73 Å². The molecule has 0 spiro atoms. The topological polar surface area (TPSA) is 51.3 Å². The summed E-state index contributed by atoms with van der Waals surface area (Å²) in [5.41, 5.74) is 5.63. The van der Waals surface area contributed by atoms with Gasteiger partial charge in [-0.05, 0) is 25.1 Å². The lowest BCUT2D eigenvalue weighted by Gasteiger charge is -2.17. The van der Waals surface area contributed by atoms with Crippen LogP contribution in [0, 0.1) is 0 Å². The third kappa shape index (κ3) is 3.81. The zero-order chi connectivity index (χ0) is 12.8. The third-order valence-electron chi connectivity index (χ3n) is 2.43. The van der Waals surface area contributed by atoms with Crippen LogP contribution in [0.4, 0.5) is 8.78 Å². The summed E-state index contributed by atoms with van der Waals surface area (Å²) in [6.45, 7) is 0.559. The van der Waals surface area contributed by atoms with Crippen molar-refractivity contribution < 1.29 is 13.6 Å². The quantitative estimate of drug-likeness (QED) is 0.818. The van der Waals surface area contributed by atoms with Gasteiger partial charge in [-0.1, -0.05) is 0 Å². The maximum absolute atomic E-state index is 12.3. The van der Waals surface area contributed by atoms with Gasteiger partial charge >= 0.3 is 0 Å². The molecule has 0 saturated carbocycles. The van der Waals surface area contributed by atoms with E-state index < -0.39 is 13.0 Å². The molecule has 0 aliphatic carbocycles. The maximum atomic E-state index is 12.3. The van der Waals surface area contributed by atoms with Gasteiger partial charge in [-0.25, -0.2) is 8.78 Å². The Morgan fingerprint density at radius 2 is 2.29 bits per heavy atom. The molecular formula is C11H17F2N3O. The normalized spacial score (nSPS) is 10.9. The summed E-state index contributed by atoms with van der Waals surface area (Å²) in [5.74, 6) is -0.260. The first-order valence-corrected chi connectivity index (χ1v) is 5.45. The van der Waals surface area contributed by atoms with E-state index in [0.29, 0.717) is 19.5 Å². The lowest BCUT2D eigenvalue weighted by molar-refractivity contribution is 0.0773. The zero-order valence-electron chi connectivity index (χ0n) is 9.77. The molecule has 6 heteroatoms. The van der Waals surface area contributed by atoms with Crippen molar-refractivity contribution in [2.45, 2.75) is 19.4 Å². The standard InChI is InChI=1S/C11H17F2N3O/c1-15(6-3-5-14)11(17)9-4-2-7-16(9)8-10(12)13/h2,4,7,10H,3,5-6,8,14H2,1H3. The maximum Gasteiger partial charge on any atom is 0.270 e. The fraction of sp³-hybridized carbons (Fsp3) is 0.545. The van der Waals surface area contributed by atoms with Crippen LogP contribution in [0.3, 0.4) is 0 Å². The number of hydrogen-bond donors (Lipinski definition) is 1. The van der Waals surface area contributed by atoms with E-state index in [1.165, 1.54) is 15.7 Å². The Balaban J connectivity index is 2.71. The van der Waals surface area contributed by atoms with Crippen molar-refractivity contribution in [1.29, 1.82) is 0 Å². The summed E-state index contributed by atoms with van der Waals surface area (Å²) in [7, 11) is 1.64. The van der Waals surface area contributed by atoms with Gasteiger partial charge in [0.15, 0.2) is 0 Å². The van der Waals surface area contributed by atoms with Gasteiger partial charge in [0.1, 0.15) is 5.69 Å². The number of nitrogens with zero attached hydrogens (tertiary/aromatic N) is 2. The largest absolute Gasteiger partial charge is 0.340 e. The number of rotatable bonds is 6. The fourth-order valence-electron chi connectivity index (χ4n) is 1.54. The van der Waals surface area contributed by atoms with Crippen molar-refractivity contribution >= 4 is 5.91 Å². The molecule has 0 fully saturated rings. The smallest absolute Gasteiger partial charge is 0.270 e. The Labute approximate surface area is 99.0 Å². The van der Waals surface area contributed by atoms with Gasteiger partial charge in [-0.2, -0.15) is 0 Å². The highest BCUT2D eigenvalue weighted by atomic mass is 19.3. The molecule has 0 radical (unpaired) electrons. The Kier molecular flexibility index (Phi) is 5.09. The molecule has 2 N–H and O–H groups in total. The zero-order valence-corrected chi connectivity index (χ0v) is 9.77. The molecule has 17 heavy (non-hydrogen) atoms. The van der Waals surface area contributed by atoms with Crippen LogP contribution >= 0.6 is 0 Å².